The van der Waals surface area contributed by atoms with E-state index < -0.39 is 41.9 Å². The maximum Gasteiger partial charge on any atom is 0.271 e. The molecule has 5 saturated heterocycles. The number of hydrogen-bond donors (Lipinski definition) is 4. The molecule has 0 radical (unpaired) electrons. The number of benzene rings is 2. The smallest absolute Gasteiger partial charge is 0.271 e. The van der Waals surface area contributed by atoms with E-state index in [0.29, 0.717) is 35.6 Å². The molecular formula is C41H49N11O6. The van der Waals surface area contributed by atoms with Crippen molar-refractivity contribution in [2.45, 2.75) is 57.0 Å². The van der Waals surface area contributed by atoms with Crippen molar-refractivity contribution in [2.24, 2.45) is 17.6 Å². The number of anilines is 5. The number of aliphatic hydroxyl groups excluding tert-OH is 1. The van der Waals surface area contributed by atoms with Crippen molar-refractivity contribution in [1.29, 1.82) is 0 Å². The first-order valence-electron chi connectivity index (χ1n) is 20.3. The molecule has 7 heterocycles. The highest BCUT2D eigenvalue weighted by molar-refractivity contribution is 6.23. The summed E-state index contributed by atoms with van der Waals surface area (Å²) in [4.78, 5) is 84.6. The molecule has 0 saturated carbocycles. The van der Waals surface area contributed by atoms with Crippen molar-refractivity contribution >= 4 is 58.2 Å². The maximum absolute atomic E-state index is 13.5. The second-order valence-electron chi connectivity index (χ2n) is 16.4. The second-order valence-corrected chi connectivity index (χ2v) is 16.4. The van der Waals surface area contributed by atoms with Crippen LogP contribution in [-0.4, -0.2) is 137 Å². The molecule has 5 fully saturated rings. The summed E-state index contributed by atoms with van der Waals surface area (Å²) >= 11 is 0. The molecule has 6 aliphatic rings. The van der Waals surface area contributed by atoms with Gasteiger partial charge < -0.3 is 30.9 Å². The summed E-state index contributed by atoms with van der Waals surface area (Å²) in [6.45, 7) is 6.55. The number of carbonyl (C=O) groups excluding carboxylic acids is 5. The fourth-order valence-electron chi connectivity index (χ4n) is 9.74. The van der Waals surface area contributed by atoms with Crippen molar-refractivity contribution in [1.82, 2.24) is 30.0 Å². The predicted octanol–water partition coefficient (Wildman–Crippen LogP) is 1.57. The number of carbonyl (C=O) groups is 5. The maximum atomic E-state index is 13.5. The lowest BCUT2D eigenvalue weighted by Gasteiger charge is -2.46. The van der Waals surface area contributed by atoms with E-state index in [-0.39, 0.29) is 30.1 Å². The van der Waals surface area contributed by atoms with E-state index in [1.807, 2.05) is 30.1 Å². The third kappa shape index (κ3) is 7.00. The molecule has 58 heavy (non-hydrogen) atoms. The number of nitrogens with one attached hydrogen (secondary N) is 2. The summed E-state index contributed by atoms with van der Waals surface area (Å²) in [6.07, 6.45) is 5.21. The first kappa shape index (κ1) is 37.9. The van der Waals surface area contributed by atoms with Crippen LogP contribution in [0.2, 0.25) is 0 Å². The van der Waals surface area contributed by atoms with E-state index in [4.69, 9.17) is 10.7 Å². The summed E-state index contributed by atoms with van der Waals surface area (Å²) in [6, 6.07) is 12.6. The van der Waals surface area contributed by atoms with Crippen molar-refractivity contribution in [2.75, 3.05) is 79.4 Å². The number of imide groups is 2. The Balaban J connectivity index is 0.851. The lowest BCUT2D eigenvalue weighted by atomic mass is 9.79. The molecule has 9 rings (SSSR count). The number of aromatic nitrogens is 2. The van der Waals surface area contributed by atoms with Gasteiger partial charge in [-0.2, -0.15) is 0 Å². The molecule has 0 bridgehead atoms. The molecule has 0 aliphatic carbocycles. The van der Waals surface area contributed by atoms with E-state index in [2.05, 4.69) is 47.3 Å². The van der Waals surface area contributed by atoms with E-state index in [0.717, 1.165) is 93.5 Å². The van der Waals surface area contributed by atoms with E-state index >= 15 is 0 Å². The van der Waals surface area contributed by atoms with Crippen LogP contribution in [0.3, 0.4) is 0 Å². The van der Waals surface area contributed by atoms with Crippen LogP contribution in [0.4, 0.5) is 28.7 Å². The first-order valence-corrected chi connectivity index (χ1v) is 20.3. The lowest BCUT2D eigenvalue weighted by molar-refractivity contribution is -0.136. The Kier molecular flexibility index (Phi) is 9.97. The number of nitrogens with zero attached hydrogens (tertiary/aromatic N) is 8. The molecule has 5 amide bonds. The van der Waals surface area contributed by atoms with Gasteiger partial charge in [-0.15, -0.1) is 0 Å². The highest BCUT2D eigenvalue weighted by Crippen LogP contribution is 2.38. The molecule has 5 atom stereocenters. The number of piperidine rings is 4. The summed E-state index contributed by atoms with van der Waals surface area (Å²) < 4.78 is 0. The Bertz CT molecular complexity index is 2150. The van der Waals surface area contributed by atoms with Crippen LogP contribution in [-0.2, 0) is 9.59 Å². The van der Waals surface area contributed by atoms with Gasteiger partial charge in [0.1, 0.15) is 11.9 Å². The Morgan fingerprint density at radius 2 is 1.55 bits per heavy atom. The van der Waals surface area contributed by atoms with Gasteiger partial charge in [0.2, 0.25) is 11.8 Å². The third-order valence-corrected chi connectivity index (χ3v) is 13.0. The minimum Gasteiger partial charge on any atom is -0.371 e. The van der Waals surface area contributed by atoms with Crippen molar-refractivity contribution in [3.63, 3.8) is 0 Å². The average molecular weight is 792 g/mol. The van der Waals surface area contributed by atoms with Crippen molar-refractivity contribution < 1.29 is 29.1 Å². The Labute approximate surface area is 336 Å². The fraction of sp³-hybridized carbons (Fsp3) is 0.488. The molecule has 0 spiro atoms. The van der Waals surface area contributed by atoms with Crippen molar-refractivity contribution in [3.05, 3.63) is 65.5 Å². The molecule has 304 valence electrons. The SMILES string of the molecule is CN1CCN([C@@H]2CCCN(c3cnc(C(N)=O)c(Nc4ccc(N5CC[C@H]6CCN(c7ccc8c(c7)C(=O)N(C7CCC(=O)NC7=O)C8=O)C[C@@H]6C5)cc4)n3)C2)C1O. The number of fused-ring (bicyclic) bond motifs is 2. The number of likely N-dealkylation sites (N-methyl/N-ethyl adjacent to an activating group) is 1. The largest absolute Gasteiger partial charge is 0.371 e. The number of primary amides is 1. The third-order valence-electron chi connectivity index (χ3n) is 13.0. The monoisotopic (exact) mass is 791 g/mol. The van der Waals surface area contributed by atoms with Gasteiger partial charge in [-0.05, 0) is 93.5 Å². The van der Waals surface area contributed by atoms with Gasteiger partial charge in [0, 0.05) is 81.9 Å². The van der Waals surface area contributed by atoms with Crippen LogP contribution in [0.5, 0.6) is 0 Å². The van der Waals surface area contributed by atoms with Gasteiger partial charge in [-0.1, -0.05) is 0 Å². The van der Waals surface area contributed by atoms with Crippen LogP contribution in [0, 0.1) is 11.8 Å². The van der Waals surface area contributed by atoms with Gasteiger partial charge >= 0.3 is 0 Å². The molecule has 3 aromatic rings. The zero-order valence-electron chi connectivity index (χ0n) is 32.5. The summed E-state index contributed by atoms with van der Waals surface area (Å²) in [5, 5.41) is 16.2. The number of rotatable bonds is 8. The minimum absolute atomic E-state index is 0.0628. The minimum atomic E-state index is -0.993. The van der Waals surface area contributed by atoms with E-state index in [1.165, 1.54) is 0 Å². The first-order chi connectivity index (χ1) is 28.0. The molecule has 5 N–H and O–H groups in total. The number of nitrogens with two attached hydrogens (primary N) is 1. The van der Waals surface area contributed by atoms with Crippen LogP contribution in [0.1, 0.15) is 69.7 Å². The van der Waals surface area contributed by atoms with Crippen LogP contribution >= 0.6 is 0 Å². The van der Waals surface area contributed by atoms with E-state index in [9.17, 15) is 29.1 Å². The fourth-order valence-corrected chi connectivity index (χ4v) is 9.74. The average Bonchev–Trinajstić information content (AvgIpc) is 3.70. The summed E-state index contributed by atoms with van der Waals surface area (Å²) in [5.74, 6) is -0.790. The molecule has 2 aromatic carbocycles. The van der Waals surface area contributed by atoms with Crippen LogP contribution in [0.15, 0.2) is 48.7 Å². The standard InChI is InChI=1S/C41H49N11O6/c1-47-17-18-51(41(47)58)29-3-2-14-50(23-29)33-20-43-35(36(42)54)37(45-33)44-26-4-6-27(7-5-26)48-15-12-24-13-16-49(22-25(24)21-48)28-8-9-30-31(19-28)40(57)52(39(30)56)32-10-11-34(53)46-38(32)55/h4-9,19-20,24-25,29,32,41,58H,2-3,10-18,21-23H2,1H3,(H2,42,54)(H,44,45)(H,46,53,55)/t24-,25-,29+,32?,41?/m0/s1. The number of hydrogen-bond acceptors (Lipinski definition) is 14. The predicted molar refractivity (Wildman–Crippen MR) is 215 cm³/mol. The van der Waals surface area contributed by atoms with Gasteiger partial charge in [0.25, 0.3) is 17.7 Å². The molecular weight excluding hydrogens is 743 g/mol. The Morgan fingerprint density at radius 1 is 0.828 bits per heavy atom. The lowest BCUT2D eigenvalue weighted by Crippen LogP contribution is -2.54. The van der Waals surface area contributed by atoms with Crippen molar-refractivity contribution in [3.8, 4) is 0 Å². The topological polar surface area (TPSA) is 201 Å². The van der Waals surface area contributed by atoms with Gasteiger partial charge in [-0.25, -0.2) is 9.97 Å². The quantitative estimate of drug-likeness (QED) is 0.240. The van der Waals surface area contributed by atoms with Gasteiger partial charge in [-0.3, -0.25) is 44.0 Å². The Morgan fingerprint density at radius 3 is 2.26 bits per heavy atom. The number of amides is 5. The van der Waals surface area contributed by atoms with Crippen LogP contribution < -0.4 is 31.1 Å². The van der Waals surface area contributed by atoms with Crippen LogP contribution in [0.25, 0.3) is 0 Å². The molecule has 17 nitrogen and oxygen atoms in total. The molecule has 2 unspecified atom stereocenters. The van der Waals surface area contributed by atoms with Gasteiger partial charge in [0.05, 0.1) is 17.3 Å². The molecule has 6 aliphatic heterocycles. The zero-order valence-corrected chi connectivity index (χ0v) is 32.5. The zero-order chi connectivity index (χ0) is 40.2. The Hall–Kier alpha value is -5.65. The highest BCUT2D eigenvalue weighted by Gasteiger charge is 2.45. The molecule has 1 aromatic heterocycles. The normalized spacial score (nSPS) is 26.8. The molecule has 17 heteroatoms. The highest BCUT2D eigenvalue weighted by atomic mass is 16.3. The summed E-state index contributed by atoms with van der Waals surface area (Å²) in [5.41, 5.74) is 9.07. The van der Waals surface area contributed by atoms with Gasteiger partial charge in [0.15, 0.2) is 17.9 Å². The second kappa shape index (κ2) is 15.3. The number of aliphatic hydroxyl groups is 1. The summed E-state index contributed by atoms with van der Waals surface area (Å²) in [7, 11) is 1.92. The van der Waals surface area contributed by atoms with E-state index in [1.54, 1.807) is 18.3 Å².